The van der Waals surface area contributed by atoms with E-state index in [1.165, 1.54) is 6.08 Å². The molecule has 3 aromatic rings. The minimum Gasteiger partial charge on any atom is -0.497 e. The lowest BCUT2D eigenvalue weighted by molar-refractivity contribution is -0.117. The van der Waals surface area contributed by atoms with E-state index in [9.17, 15) is 13.2 Å². The van der Waals surface area contributed by atoms with Gasteiger partial charge in [-0.15, -0.1) is 6.58 Å². The lowest BCUT2D eigenvalue weighted by Gasteiger charge is -2.14. The first-order valence-electron chi connectivity index (χ1n) is 9.87. The van der Waals surface area contributed by atoms with Crippen molar-refractivity contribution in [1.82, 2.24) is 4.72 Å². The SMILES string of the molecule is C=CCNS(=O)(=O)Cc1ccc(NC(=O)[C@@H](C)c2ccc3cc(OC)ccc3c2)cc1. The molecule has 162 valence electrons. The molecule has 0 unspecified atom stereocenters. The van der Waals surface area contributed by atoms with Gasteiger partial charge in [0.2, 0.25) is 15.9 Å². The Labute approximate surface area is 183 Å². The molecule has 0 spiro atoms. The molecule has 0 radical (unpaired) electrons. The summed E-state index contributed by atoms with van der Waals surface area (Å²) in [7, 11) is -1.79. The number of carbonyl (C=O) groups is 1. The van der Waals surface area contributed by atoms with Gasteiger partial charge < -0.3 is 10.1 Å². The predicted octanol–water partition coefficient (Wildman–Crippen LogP) is 4.20. The molecule has 0 aliphatic heterocycles. The van der Waals surface area contributed by atoms with E-state index in [2.05, 4.69) is 16.6 Å². The van der Waals surface area contributed by atoms with Crippen molar-refractivity contribution in [2.75, 3.05) is 19.0 Å². The van der Waals surface area contributed by atoms with Gasteiger partial charge in [0.1, 0.15) is 5.75 Å². The van der Waals surface area contributed by atoms with Crippen LogP contribution in [-0.2, 0) is 20.6 Å². The molecule has 0 bridgehead atoms. The van der Waals surface area contributed by atoms with E-state index in [1.807, 2.05) is 43.3 Å². The molecule has 31 heavy (non-hydrogen) atoms. The normalized spacial score (nSPS) is 12.3. The molecule has 0 fully saturated rings. The van der Waals surface area contributed by atoms with Gasteiger partial charge in [-0.1, -0.05) is 42.5 Å². The van der Waals surface area contributed by atoms with Crippen molar-refractivity contribution < 1.29 is 17.9 Å². The Kier molecular flexibility index (Phi) is 7.09. The fraction of sp³-hybridized carbons (Fsp3) is 0.208. The lowest BCUT2D eigenvalue weighted by Crippen LogP contribution is -2.25. The van der Waals surface area contributed by atoms with Crippen LogP contribution in [-0.4, -0.2) is 28.0 Å². The van der Waals surface area contributed by atoms with Crippen LogP contribution in [0, 0.1) is 0 Å². The van der Waals surface area contributed by atoms with E-state index in [1.54, 1.807) is 31.4 Å². The third-order valence-corrected chi connectivity index (χ3v) is 6.31. The van der Waals surface area contributed by atoms with Gasteiger partial charge in [0.05, 0.1) is 18.8 Å². The number of rotatable bonds is 9. The smallest absolute Gasteiger partial charge is 0.231 e. The van der Waals surface area contributed by atoms with E-state index < -0.39 is 10.0 Å². The van der Waals surface area contributed by atoms with E-state index in [4.69, 9.17) is 4.74 Å². The van der Waals surface area contributed by atoms with Crippen molar-refractivity contribution in [3.63, 3.8) is 0 Å². The van der Waals surface area contributed by atoms with Crippen LogP contribution in [0.1, 0.15) is 24.0 Å². The summed E-state index contributed by atoms with van der Waals surface area (Å²) in [6, 6.07) is 18.5. The molecule has 7 heteroatoms. The molecule has 0 aromatic heterocycles. The number of hydrogen-bond acceptors (Lipinski definition) is 4. The van der Waals surface area contributed by atoms with Gasteiger partial charge in [0.25, 0.3) is 0 Å². The van der Waals surface area contributed by atoms with Crippen LogP contribution in [0.15, 0.2) is 73.3 Å². The Morgan fingerprint density at radius 2 is 1.74 bits per heavy atom. The number of carbonyl (C=O) groups excluding carboxylic acids is 1. The highest BCUT2D eigenvalue weighted by Crippen LogP contribution is 2.26. The Balaban J connectivity index is 1.66. The highest BCUT2D eigenvalue weighted by Gasteiger charge is 2.16. The molecule has 0 heterocycles. The van der Waals surface area contributed by atoms with E-state index in [-0.39, 0.29) is 24.1 Å². The molecule has 6 nitrogen and oxygen atoms in total. The standard InChI is InChI=1S/C24H26N2O4S/c1-4-13-25-31(28,29)16-18-5-10-22(11-6-18)26-24(27)17(2)19-7-8-21-15-23(30-3)12-9-20(21)14-19/h4-12,14-15,17,25H,1,13,16H2,2-3H3,(H,26,27)/t17-/m0/s1. The first-order valence-corrected chi connectivity index (χ1v) is 11.5. The molecule has 2 N–H and O–H groups in total. The maximum Gasteiger partial charge on any atom is 0.231 e. The van der Waals surface area contributed by atoms with Crippen LogP contribution >= 0.6 is 0 Å². The first-order chi connectivity index (χ1) is 14.8. The number of hydrogen-bond donors (Lipinski definition) is 2. The number of methoxy groups -OCH3 is 1. The van der Waals surface area contributed by atoms with Gasteiger partial charge in [0.15, 0.2) is 0 Å². The zero-order valence-corrected chi connectivity index (χ0v) is 18.4. The summed E-state index contributed by atoms with van der Waals surface area (Å²) >= 11 is 0. The highest BCUT2D eigenvalue weighted by molar-refractivity contribution is 7.88. The summed E-state index contributed by atoms with van der Waals surface area (Å²) in [5, 5.41) is 4.97. The Hall–Kier alpha value is -3.16. The van der Waals surface area contributed by atoms with Crippen molar-refractivity contribution in [3.05, 3.63) is 84.4 Å². The molecule has 1 amide bonds. The second kappa shape index (κ2) is 9.76. The number of fused-ring (bicyclic) bond motifs is 1. The van der Waals surface area contributed by atoms with Crippen molar-refractivity contribution in [1.29, 1.82) is 0 Å². The third-order valence-electron chi connectivity index (χ3n) is 4.99. The summed E-state index contributed by atoms with van der Waals surface area (Å²) in [5.74, 6) is 0.169. The first kappa shape index (κ1) is 22.5. The van der Waals surface area contributed by atoms with E-state index in [0.29, 0.717) is 11.3 Å². The Morgan fingerprint density at radius 1 is 1.06 bits per heavy atom. The molecule has 3 aromatic carbocycles. The number of anilines is 1. The zero-order valence-electron chi connectivity index (χ0n) is 17.6. The minimum absolute atomic E-state index is 0.132. The van der Waals surface area contributed by atoms with Crippen molar-refractivity contribution in [2.24, 2.45) is 0 Å². The number of ether oxygens (including phenoxy) is 1. The second-order valence-electron chi connectivity index (χ2n) is 7.28. The van der Waals surface area contributed by atoms with Gasteiger partial charge in [-0.2, -0.15) is 0 Å². The van der Waals surface area contributed by atoms with E-state index in [0.717, 1.165) is 22.1 Å². The van der Waals surface area contributed by atoms with Crippen LogP contribution in [0.2, 0.25) is 0 Å². The Morgan fingerprint density at radius 3 is 2.42 bits per heavy atom. The highest BCUT2D eigenvalue weighted by atomic mass is 32.2. The zero-order chi connectivity index (χ0) is 22.4. The average Bonchev–Trinajstić information content (AvgIpc) is 2.77. The number of benzene rings is 3. The number of amides is 1. The topological polar surface area (TPSA) is 84.5 Å². The van der Waals surface area contributed by atoms with Crippen LogP contribution in [0.3, 0.4) is 0 Å². The molecular weight excluding hydrogens is 412 g/mol. The van der Waals surface area contributed by atoms with Gasteiger partial charge >= 0.3 is 0 Å². The largest absolute Gasteiger partial charge is 0.497 e. The molecule has 3 rings (SSSR count). The Bertz CT molecular complexity index is 1190. The van der Waals surface area contributed by atoms with Crippen LogP contribution in [0.5, 0.6) is 5.75 Å². The number of nitrogens with one attached hydrogen (secondary N) is 2. The molecule has 0 saturated carbocycles. The van der Waals surface area contributed by atoms with Crippen LogP contribution in [0.4, 0.5) is 5.69 Å². The fourth-order valence-electron chi connectivity index (χ4n) is 3.18. The summed E-state index contributed by atoms with van der Waals surface area (Å²) in [6.45, 7) is 5.54. The molecule has 0 aliphatic carbocycles. The summed E-state index contributed by atoms with van der Waals surface area (Å²) in [5.41, 5.74) is 2.15. The van der Waals surface area contributed by atoms with Crippen molar-refractivity contribution in [3.8, 4) is 5.75 Å². The lowest BCUT2D eigenvalue weighted by atomic mass is 9.97. The molecular formula is C24H26N2O4S. The molecule has 0 saturated heterocycles. The van der Waals surface area contributed by atoms with Gasteiger partial charge in [-0.25, -0.2) is 13.1 Å². The molecule has 1 atom stereocenters. The van der Waals surface area contributed by atoms with E-state index >= 15 is 0 Å². The van der Waals surface area contributed by atoms with Crippen LogP contribution < -0.4 is 14.8 Å². The minimum atomic E-state index is -3.42. The number of sulfonamides is 1. The van der Waals surface area contributed by atoms with Crippen molar-refractivity contribution >= 4 is 32.4 Å². The summed E-state index contributed by atoms with van der Waals surface area (Å²) in [4.78, 5) is 12.7. The summed E-state index contributed by atoms with van der Waals surface area (Å²) < 4.78 is 31.6. The maximum absolute atomic E-state index is 12.7. The van der Waals surface area contributed by atoms with Gasteiger partial charge in [-0.05, 0) is 53.1 Å². The van der Waals surface area contributed by atoms with Gasteiger partial charge in [-0.3, -0.25) is 4.79 Å². The quantitative estimate of drug-likeness (QED) is 0.491. The fourth-order valence-corrected chi connectivity index (χ4v) is 4.29. The predicted molar refractivity (Wildman–Crippen MR) is 125 cm³/mol. The third kappa shape index (κ3) is 5.93. The monoisotopic (exact) mass is 438 g/mol. The van der Waals surface area contributed by atoms with Crippen LogP contribution in [0.25, 0.3) is 10.8 Å². The summed E-state index contributed by atoms with van der Waals surface area (Å²) in [6.07, 6.45) is 1.49. The van der Waals surface area contributed by atoms with Crippen molar-refractivity contribution in [2.45, 2.75) is 18.6 Å². The maximum atomic E-state index is 12.7. The van der Waals surface area contributed by atoms with Gasteiger partial charge in [0, 0.05) is 12.2 Å². The second-order valence-corrected chi connectivity index (χ2v) is 9.08. The average molecular weight is 439 g/mol. The molecule has 0 aliphatic rings.